The summed E-state index contributed by atoms with van der Waals surface area (Å²) < 4.78 is 9.08. The lowest BCUT2D eigenvalue weighted by Gasteiger charge is -2.09. The Balaban J connectivity index is 1.09. The first-order chi connectivity index (χ1) is 23.8. The molecule has 0 aliphatic rings. The van der Waals surface area contributed by atoms with Gasteiger partial charge in [0, 0.05) is 25.7 Å². The SMILES string of the molecule is c1ccc(-c2cccc3c2sc2c(-c4cccc(-c5cccc(-c6ncnc7c6oc6ccc8ccccc8c67)c5)c4)cccc23)cc1. The molecule has 3 aromatic heterocycles. The van der Waals surface area contributed by atoms with E-state index in [2.05, 4.69) is 146 Å². The number of hydrogen-bond acceptors (Lipinski definition) is 4. The first-order valence-electron chi connectivity index (χ1n) is 16.1. The van der Waals surface area contributed by atoms with Crippen molar-refractivity contribution in [2.24, 2.45) is 0 Å². The van der Waals surface area contributed by atoms with E-state index in [1.165, 1.54) is 42.4 Å². The third-order valence-electron chi connectivity index (χ3n) is 9.40. The average molecular weight is 631 g/mol. The zero-order chi connectivity index (χ0) is 31.6. The van der Waals surface area contributed by atoms with E-state index in [1.54, 1.807) is 6.33 Å². The first kappa shape index (κ1) is 27.1. The second kappa shape index (κ2) is 10.7. The Kier molecular flexibility index (Phi) is 6.05. The Morgan fingerprint density at radius 3 is 1.85 bits per heavy atom. The van der Waals surface area contributed by atoms with Crippen molar-refractivity contribution in [2.75, 3.05) is 0 Å². The van der Waals surface area contributed by atoms with Gasteiger partial charge in [0.1, 0.15) is 23.1 Å². The van der Waals surface area contributed by atoms with Gasteiger partial charge in [-0.1, -0.05) is 133 Å². The van der Waals surface area contributed by atoms with Crippen LogP contribution < -0.4 is 0 Å². The standard InChI is InChI=1S/C44H26N2OS/c1-2-10-27(11-3-1)34-18-8-20-36-37-21-9-19-35(44(37)48-43(34)36)31-15-6-13-29(24-31)30-14-7-16-32(25-30)40-42-41(46-26-45-40)39-33-17-5-4-12-28(33)22-23-38(39)47-42/h1-26H. The maximum absolute atomic E-state index is 6.45. The van der Waals surface area contributed by atoms with Crippen LogP contribution in [0.3, 0.4) is 0 Å². The Hall–Kier alpha value is -6.10. The number of hydrogen-bond donors (Lipinski definition) is 0. The van der Waals surface area contributed by atoms with Crippen LogP contribution in [0.15, 0.2) is 162 Å². The number of rotatable bonds is 4. The molecule has 4 heteroatoms. The van der Waals surface area contributed by atoms with Crippen molar-refractivity contribution in [3.63, 3.8) is 0 Å². The summed E-state index contributed by atoms with van der Waals surface area (Å²) >= 11 is 1.88. The fourth-order valence-corrected chi connectivity index (χ4v) is 8.52. The van der Waals surface area contributed by atoms with Crippen LogP contribution in [0.4, 0.5) is 0 Å². The van der Waals surface area contributed by atoms with Gasteiger partial charge in [0.2, 0.25) is 0 Å². The summed E-state index contributed by atoms with van der Waals surface area (Å²) in [5.74, 6) is 0. The van der Waals surface area contributed by atoms with Crippen LogP contribution in [0.5, 0.6) is 0 Å². The van der Waals surface area contributed by atoms with E-state index in [0.717, 1.165) is 49.6 Å². The molecular formula is C44H26N2OS. The molecule has 0 atom stereocenters. The fourth-order valence-electron chi connectivity index (χ4n) is 7.15. The highest BCUT2D eigenvalue weighted by Crippen LogP contribution is 2.44. The van der Waals surface area contributed by atoms with Gasteiger partial charge in [0.15, 0.2) is 5.58 Å². The minimum atomic E-state index is 0.709. The number of nitrogens with zero attached hydrogens (tertiary/aromatic N) is 2. The van der Waals surface area contributed by atoms with Crippen LogP contribution in [-0.2, 0) is 0 Å². The molecule has 0 saturated carbocycles. The van der Waals surface area contributed by atoms with Crippen molar-refractivity contribution in [1.82, 2.24) is 9.97 Å². The van der Waals surface area contributed by atoms with Crippen LogP contribution in [-0.4, -0.2) is 9.97 Å². The molecule has 48 heavy (non-hydrogen) atoms. The topological polar surface area (TPSA) is 38.9 Å². The number of furan rings is 1. The molecule has 0 aliphatic carbocycles. The maximum Gasteiger partial charge on any atom is 0.180 e. The summed E-state index contributed by atoms with van der Waals surface area (Å²) in [6, 6.07) is 54.0. The Morgan fingerprint density at radius 2 is 1.06 bits per heavy atom. The molecule has 0 amide bonds. The lowest BCUT2D eigenvalue weighted by molar-refractivity contribution is 0.667. The molecule has 10 aromatic rings. The van der Waals surface area contributed by atoms with Crippen molar-refractivity contribution < 1.29 is 4.42 Å². The van der Waals surface area contributed by atoms with E-state index in [1.807, 2.05) is 17.4 Å². The Bertz CT molecular complexity index is 2850. The average Bonchev–Trinajstić information content (AvgIpc) is 3.74. The van der Waals surface area contributed by atoms with Crippen molar-refractivity contribution in [3.05, 3.63) is 158 Å². The van der Waals surface area contributed by atoms with Gasteiger partial charge < -0.3 is 4.42 Å². The third-order valence-corrected chi connectivity index (χ3v) is 10.7. The smallest absolute Gasteiger partial charge is 0.180 e. The van der Waals surface area contributed by atoms with Gasteiger partial charge in [-0.15, -0.1) is 11.3 Å². The molecule has 0 N–H and O–H groups in total. The first-order valence-corrected chi connectivity index (χ1v) is 16.9. The molecule has 0 fully saturated rings. The lowest BCUT2D eigenvalue weighted by Crippen LogP contribution is -1.88. The van der Waals surface area contributed by atoms with E-state index in [9.17, 15) is 0 Å². The van der Waals surface area contributed by atoms with Gasteiger partial charge >= 0.3 is 0 Å². The molecule has 7 aromatic carbocycles. The van der Waals surface area contributed by atoms with Crippen LogP contribution in [0.2, 0.25) is 0 Å². The normalized spacial score (nSPS) is 11.8. The van der Waals surface area contributed by atoms with Crippen LogP contribution in [0, 0.1) is 0 Å². The Labute approximate surface area is 280 Å². The molecule has 224 valence electrons. The summed E-state index contributed by atoms with van der Waals surface area (Å²) in [6.45, 7) is 0. The zero-order valence-electron chi connectivity index (χ0n) is 25.7. The third kappa shape index (κ3) is 4.20. The van der Waals surface area contributed by atoms with Crippen LogP contribution in [0.1, 0.15) is 0 Å². The minimum absolute atomic E-state index is 0.709. The molecule has 0 unspecified atom stereocenters. The number of benzene rings is 7. The quantitative estimate of drug-likeness (QED) is 0.194. The monoisotopic (exact) mass is 630 g/mol. The lowest BCUT2D eigenvalue weighted by atomic mass is 9.96. The zero-order valence-corrected chi connectivity index (χ0v) is 26.5. The van der Waals surface area contributed by atoms with E-state index in [4.69, 9.17) is 14.4 Å². The Morgan fingerprint density at radius 1 is 0.458 bits per heavy atom. The highest BCUT2D eigenvalue weighted by molar-refractivity contribution is 7.26. The predicted octanol–water partition coefficient (Wildman–Crippen LogP) is 12.6. The predicted molar refractivity (Wildman–Crippen MR) is 201 cm³/mol. The maximum atomic E-state index is 6.45. The van der Waals surface area contributed by atoms with Gasteiger partial charge in [-0.05, 0) is 62.4 Å². The minimum Gasteiger partial charge on any atom is -0.452 e. The van der Waals surface area contributed by atoms with Gasteiger partial charge in [-0.2, -0.15) is 0 Å². The molecule has 3 heterocycles. The number of fused-ring (bicyclic) bond motifs is 8. The van der Waals surface area contributed by atoms with Crippen LogP contribution >= 0.6 is 11.3 Å². The summed E-state index contributed by atoms with van der Waals surface area (Å²) in [5.41, 5.74) is 11.4. The van der Waals surface area contributed by atoms with Crippen molar-refractivity contribution in [1.29, 1.82) is 0 Å². The summed E-state index contributed by atoms with van der Waals surface area (Å²) in [5, 5.41) is 5.93. The summed E-state index contributed by atoms with van der Waals surface area (Å²) in [7, 11) is 0. The molecule has 3 nitrogen and oxygen atoms in total. The summed E-state index contributed by atoms with van der Waals surface area (Å²) in [4.78, 5) is 9.42. The highest BCUT2D eigenvalue weighted by atomic mass is 32.1. The van der Waals surface area contributed by atoms with Gasteiger partial charge in [0.25, 0.3) is 0 Å². The van der Waals surface area contributed by atoms with Crippen LogP contribution in [0.25, 0.3) is 97.7 Å². The van der Waals surface area contributed by atoms with Crippen molar-refractivity contribution in [2.45, 2.75) is 0 Å². The van der Waals surface area contributed by atoms with E-state index in [0.29, 0.717) is 5.58 Å². The molecule has 0 aliphatic heterocycles. The summed E-state index contributed by atoms with van der Waals surface area (Å²) in [6.07, 6.45) is 1.65. The van der Waals surface area contributed by atoms with E-state index >= 15 is 0 Å². The van der Waals surface area contributed by atoms with Gasteiger partial charge in [0.05, 0.1) is 5.39 Å². The number of thiophene rings is 1. The van der Waals surface area contributed by atoms with Crippen molar-refractivity contribution >= 4 is 64.4 Å². The van der Waals surface area contributed by atoms with Gasteiger partial charge in [-0.3, -0.25) is 0 Å². The fraction of sp³-hybridized carbons (Fsp3) is 0. The molecule has 0 saturated heterocycles. The molecular weight excluding hydrogens is 605 g/mol. The van der Waals surface area contributed by atoms with Gasteiger partial charge in [-0.25, -0.2) is 9.97 Å². The second-order valence-electron chi connectivity index (χ2n) is 12.2. The van der Waals surface area contributed by atoms with E-state index < -0.39 is 0 Å². The van der Waals surface area contributed by atoms with Crippen molar-refractivity contribution in [3.8, 4) is 44.6 Å². The second-order valence-corrected chi connectivity index (χ2v) is 13.2. The molecule has 0 radical (unpaired) electrons. The van der Waals surface area contributed by atoms with E-state index in [-0.39, 0.29) is 0 Å². The molecule has 0 bridgehead atoms. The number of aromatic nitrogens is 2. The largest absolute Gasteiger partial charge is 0.452 e. The molecule has 0 spiro atoms. The molecule has 10 rings (SSSR count). The highest BCUT2D eigenvalue weighted by Gasteiger charge is 2.18.